The standard InChI is InChI=1S/CH2O3.ClH.Fe.Na.H/c2-1(3)4;;;;/h(H2,2,3,4);1H;;;/q;;;+1;-1. The Hall–Kier alpha value is 1.08. The number of hydrogen-bond acceptors (Lipinski definition) is 1. The van der Waals surface area contributed by atoms with Gasteiger partial charge in [-0.15, -0.1) is 12.4 Å². The molecule has 0 aliphatic heterocycles. The van der Waals surface area contributed by atoms with Crippen LogP contribution in [-0.2, 0) is 17.1 Å². The predicted octanol–water partition coefficient (Wildman–Crippen LogP) is -2.24. The smallest absolute Gasteiger partial charge is 1.00 e. The predicted molar refractivity (Wildman–Crippen MR) is 19.0 cm³/mol. The number of hydrogen-bond donors (Lipinski definition) is 2. The van der Waals surface area contributed by atoms with Crippen molar-refractivity contribution < 1.29 is 63.1 Å². The molecule has 0 saturated carbocycles. The molecular weight excluding hydrogens is 174 g/mol. The van der Waals surface area contributed by atoms with Crippen LogP contribution in [0.25, 0.3) is 0 Å². The van der Waals surface area contributed by atoms with E-state index in [1.807, 2.05) is 0 Å². The normalized spacial score (nSPS) is 3.43. The van der Waals surface area contributed by atoms with Crippen LogP contribution in [0.2, 0.25) is 0 Å². The summed E-state index contributed by atoms with van der Waals surface area (Å²) in [5, 5.41) is 13.9. The van der Waals surface area contributed by atoms with E-state index in [4.69, 9.17) is 15.0 Å². The summed E-state index contributed by atoms with van der Waals surface area (Å²) < 4.78 is 0. The van der Waals surface area contributed by atoms with E-state index in [0.717, 1.165) is 0 Å². The molecule has 0 radical (unpaired) electrons. The number of carboxylic acid groups (broad SMARTS) is 2. The van der Waals surface area contributed by atoms with Crippen molar-refractivity contribution >= 4 is 18.6 Å². The van der Waals surface area contributed by atoms with E-state index in [2.05, 4.69) is 0 Å². The molecule has 0 heterocycles. The van der Waals surface area contributed by atoms with Gasteiger partial charge in [0.05, 0.1) is 0 Å². The third kappa shape index (κ3) is 157. The van der Waals surface area contributed by atoms with Gasteiger partial charge < -0.3 is 11.6 Å². The zero-order valence-electron chi connectivity index (χ0n) is 4.56. The van der Waals surface area contributed by atoms with Crippen LogP contribution in [0.5, 0.6) is 0 Å². The molecule has 0 aromatic rings. The van der Waals surface area contributed by atoms with Gasteiger partial charge in [0.1, 0.15) is 0 Å². The van der Waals surface area contributed by atoms with Gasteiger partial charge in [0, 0.05) is 17.1 Å². The van der Waals surface area contributed by atoms with Crippen LogP contribution in [0.4, 0.5) is 4.79 Å². The molecule has 0 bridgehead atoms. The second-order valence-electron chi connectivity index (χ2n) is 0.283. The largest absolute Gasteiger partial charge is 1.00 e. The van der Waals surface area contributed by atoms with Crippen molar-refractivity contribution in [3.05, 3.63) is 0 Å². The van der Waals surface area contributed by atoms with Gasteiger partial charge in [0.25, 0.3) is 0 Å². The maximum atomic E-state index is 8.56. The van der Waals surface area contributed by atoms with Crippen molar-refractivity contribution in [1.82, 2.24) is 0 Å². The summed E-state index contributed by atoms with van der Waals surface area (Å²) in [6, 6.07) is 0. The number of rotatable bonds is 0. The molecule has 0 aliphatic rings. The van der Waals surface area contributed by atoms with E-state index in [-0.39, 0.29) is 60.5 Å². The Bertz CT molecular complexity index is 42.3. The fourth-order valence-corrected chi connectivity index (χ4v) is 0. The Labute approximate surface area is 81.1 Å². The zero-order chi connectivity index (χ0) is 3.58. The van der Waals surface area contributed by atoms with Gasteiger partial charge in [-0.05, 0) is 0 Å². The topological polar surface area (TPSA) is 57.5 Å². The Kier molecular flexibility index (Phi) is 54.7. The molecule has 6 heteroatoms. The van der Waals surface area contributed by atoms with Gasteiger partial charge in [0.2, 0.25) is 0 Å². The van der Waals surface area contributed by atoms with E-state index < -0.39 is 6.16 Å². The maximum absolute atomic E-state index is 8.56. The minimum absolute atomic E-state index is 0. The van der Waals surface area contributed by atoms with Crippen molar-refractivity contribution in [2.45, 2.75) is 0 Å². The van der Waals surface area contributed by atoms with Gasteiger partial charge in [-0.3, -0.25) is 0 Å². The van der Waals surface area contributed by atoms with Gasteiger partial charge >= 0.3 is 35.7 Å². The van der Waals surface area contributed by atoms with Crippen LogP contribution in [0.15, 0.2) is 0 Å². The Morgan fingerprint density at radius 3 is 1.43 bits per heavy atom. The Morgan fingerprint density at radius 2 is 1.43 bits per heavy atom. The van der Waals surface area contributed by atoms with E-state index in [9.17, 15) is 0 Å². The molecule has 0 aliphatic carbocycles. The maximum Gasteiger partial charge on any atom is 1.00 e. The quantitative estimate of drug-likeness (QED) is 0.412. The average Bonchev–Trinajstić information content (AvgIpc) is 0.811. The second kappa shape index (κ2) is 15.7. The molecule has 0 aromatic heterocycles. The first-order valence-corrected chi connectivity index (χ1v) is 0.651. The molecule has 42 valence electrons. The summed E-state index contributed by atoms with van der Waals surface area (Å²) in [5.41, 5.74) is 0. The first kappa shape index (κ1) is 24.3. The van der Waals surface area contributed by atoms with Gasteiger partial charge in [-0.25, -0.2) is 4.79 Å². The Balaban J connectivity index is -0.00000000750. The third-order valence-electron chi connectivity index (χ3n) is 0. The van der Waals surface area contributed by atoms with Gasteiger partial charge in [-0.1, -0.05) is 0 Å². The van der Waals surface area contributed by atoms with Crippen molar-refractivity contribution in [3.63, 3.8) is 0 Å². The van der Waals surface area contributed by atoms with Crippen LogP contribution in [0, 0.1) is 0 Å². The summed E-state index contributed by atoms with van der Waals surface area (Å²) in [6.07, 6.45) is -1.83. The molecule has 7 heavy (non-hydrogen) atoms. The molecule has 0 saturated heterocycles. The van der Waals surface area contributed by atoms with Crippen LogP contribution in [-0.4, -0.2) is 16.4 Å². The molecule has 0 atom stereocenters. The number of halogens is 1. The van der Waals surface area contributed by atoms with Crippen molar-refractivity contribution in [3.8, 4) is 0 Å². The summed E-state index contributed by atoms with van der Waals surface area (Å²) in [7, 11) is 0. The minimum atomic E-state index is -1.83. The third-order valence-corrected chi connectivity index (χ3v) is 0. The van der Waals surface area contributed by atoms with Crippen molar-refractivity contribution in [1.29, 1.82) is 0 Å². The first-order valence-electron chi connectivity index (χ1n) is 0.651. The van der Waals surface area contributed by atoms with Crippen LogP contribution in [0.1, 0.15) is 1.43 Å². The molecule has 0 rings (SSSR count). The summed E-state index contributed by atoms with van der Waals surface area (Å²) in [4.78, 5) is 8.56. The fraction of sp³-hybridized carbons (Fsp3) is 0. The number of carbonyl (C=O) groups is 1. The molecule has 3 nitrogen and oxygen atoms in total. The van der Waals surface area contributed by atoms with Crippen molar-refractivity contribution in [2.75, 3.05) is 0 Å². The molecule has 0 spiro atoms. The van der Waals surface area contributed by atoms with Crippen LogP contribution >= 0.6 is 12.4 Å². The first-order chi connectivity index (χ1) is 1.73. The molecule has 0 amide bonds. The van der Waals surface area contributed by atoms with Crippen LogP contribution < -0.4 is 29.6 Å². The van der Waals surface area contributed by atoms with E-state index in [1.54, 1.807) is 0 Å². The summed E-state index contributed by atoms with van der Waals surface area (Å²) >= 11 is 0. The SMILES string of the molecule is Cl.O=C(O)O.[Fe].[H-].[Na+]. The summed E-state index contributed by atoms with van der Waals surface area (Å²) in [6.45, 7) is 0. The van der Waals surface area contributed by atoms with Crippen molar-refractivity contribution in [2.24, 2.45) is 0 Å². The fourth-order valence-electron chi connectivity index (χ4n) is 0. The minimum Gasteiger partial charge on any atom is -1.00 e. The molecular formula is CH4ClFeNaO3. The molecule has 0 fully saturated rings. The monoisotopic (exact) mass is 178 g/mol. The van der Waals surface area contributed by atoms with Gasteiger partial charge in [0.15, 0.2) is 0 Å². The van der Waals surface area contributed by atoms with E-state index in [1.165, 1.54) is 0 Å². The molecule has 2 N–H and O–H groups in total. The van der Waals surface area contributed by atoms with E-state index >= 15 is 0 Å². The van der Waals surface area contributed by atoms with E-state index in [0.29, 0.717) is 0 Å². The summed E-state index contributed by atoms with van der Waals surface area (Å²) in [5.74, 6) is 0. The molecule has 0 unspecified atom stereocenters. The average molecular weight is 178 g/mol. The van der Waals surface area contributed by atoms with Gasteiger partial charge in [-0.2, -0.15) is 0 Å². The Morgan fingerprint density at radius 1 is 1.43 bits per heavy atom. The zero-order valence-corrected chi connectivity index (χ0v) is 7.49. The van der Waals surface area contributed by atoms with Crippen LogP contribution in [0.3, 0.4) is 0 Å². The second-order valence-corrected chi connectivity index (χ2v) is 0.283. The molecule has 0 aromatic carbocycles.